The van der Waals surface area contributed by atoms with Crippen LogP contribution in [0.15, 0.2) is 29.4 Å². The highest BCUT2D eigenvalue weighted by Gasteiger charge is 2.35. The Labute approximate surface area is 88.4 Å². The van der Waals surface area contributed by atoms with Gasteiger partial charge in [0.15, 0.2) is 0 Å². The van der Waals surface area contributed by atoms with Crippen LogP contribution in [0, 0.1) is 5.82 Å². The quantitative estimate of drug-likeness (QED) is 0.766. The van der Waals surface area contributed by atoms with Crippen molar-refractivity contribution >= 4 is 11.5 Å². The third-order valence-corrected chi connectivity index (χ3v) is 2.50. The molecule has 0 radical (unpaired) electrons. The summed E-state index contributed by atoms with van der Waals surface area (Å²) in [6.07, 6.45) is 0.654. The van der Waals surface area contributed by atoms with Gasteiger partial charge in [-0.15, -0.1) is 0 Å². The molecule has 0 aromatic heterocycles. The van der Waals surface area contributed by atoms with E-state index in [1.165, 1.54) is 6.07 Å². The Bertz CT molecular complexity index is 412. The minimum Gasteiger partial charge on any atom is -0.386 e. The fraction of sp³-hybridized carbons (Fsp3) is 0.364. The molecule has 15 heavy (non-hydrogen) atoms. The lowest BCUT2D eigenvalue weighted by Gasteiger charge is -2.30. The van der Waals surface area contributed by atoms with E-state index in [0.717, 1.165) is 0 Å². The number of benzene rings is 1. The Morgan fingerprint density at radius 1 is 1.40 bits per heavy atom. The summed E-state index contributed by atoms with van der Waals surface area (Å²) >= 11 is 0. The van der Waals surface area contributed by atoms with E-state index in [0.29, 0.717) is 17.9 Å². The van der Waals surface area contributed by atoms with E-state index in [2.05, 4.69) is 5.10 Å². The van der Waals surface area contributed by atoms with Crippen molar-refractivity contribution in [2.24, 2.45) is 10.8 Å². The van der Waals surface area contributed by atoms with Crippen LogP contribution in [0.2, 0.25) is 0 Å². The molecule has 4 heteroatoms. The van der Waals surface area contributed by atoms with Crippen LogP contribution in [0.3, 0.4) is 0 Å². The Morgan fingerprint density at radius 2 is 2.07 bits per heavy atom. The lowest BCUT2D eigenvalue weighted by Crippen LogP contribution is -2.37. The molecule has 2 rings (SSSR count). The summed E-state index contributed by atoms with van der Waals surface area (Å²) in [7, 11) is 0. The Kier molecular flexibility index (Phi) is 2.14. The highest BCUT2D eigenvalue weighted by molar-refractivity contribution is 5.86. The molecule has 0 amide bonds. The fourth-order valence-corrected chi connectivity index (χ4v) is 1.82. The van der Waals surface area contributed by atoms with Gasteiger partial charge in [0.2, 0.25) is 0 Å². The average molecular weight is 207 g/mol. The van der Waals surface area contributed by atoms with Crippen molar-refractivity contribution in [2.75, 3.05) is 5.01 Å². The number of hydrazone groups is 1. The number of rotatable bonds is 1. The van der Waals surface area contributed by atoms with Crippen LogP contribution < -0.4 is 10.7 Å². The van der Waals surface area contributed by atoms with Crippen molar-refractivity contribution < 1.29 is 4.39 Å². The lowest BCUT2D eigenvalue weighted by atomic mass is 10.0. The Balaban J connectivity index is 2.43. The van der Waals surface area contributed by atoms with Crippen LogP contribution in [0.4, 0.5) is 10.1 Å². The first-order chi connectivity index (χ1) is 7.00. The van der Waals surface area contributed by atoms with Crippen molar-refractivity contribution in [3.63, 3.8) is 0 Å². The van der Waals surface area contributed by atoms with Gasteiger partial charge in [0.1, 0.15) is 11.7 Å². The third-order valence-electron chi connectivity index (χ3n) is 2.50. The topological polar surface area (TPSA) is 41.6 Å². The average Bonchev–Trinajstić information content (AvgIpc) is 2.40. The maximum Gasteiger partial charge on any atom is 0.148 e. The maximum atomic E-state index is 13.6. The van der Waals surface area contributed by atoms with E-state index in [1.807, 2.05) is 13.8 Å². The third kappa shape index (κ3) is 1.67. The van der Waals surface area contributed by atoms with E-state index in [9.17, 15) is 4.39 Å². The first-order valence-electron chi connectivity index (χ1n) is 4.88. The number of nitrogens with two attached hydrogens (primary N) is 1. The largest absolute Gasteiger partial charge is 0.386 e. The van der Waals surface area contributed by atoms with Crippen molar-refractivity contribution in [2.45, 2.75) is 25.8 Å². The number of nitrogens with zero attached hydrogens (tertiary/aromatic N) is 2. The van der Waals surface area contributed by atoms with E-state index in [1.54, 1.807) is 23.2 Å². The molecular formula is C11H14FN3. The van der Waals surface area contributed by atoms with Crippen LogP contribution in [-0.4, -0.2) is 11.4 Å². The molecule has 0 fully saturated rings. The van der Waals surface area contributed by atoms with Crippen LogP contribution >= 0.6 is 0 Å². The minimum absolute atomic E-state index is 0.258. The summed E-state index contributed by atoms with van der Waals surface area (Å²) in [5, 5.41) is 5.81. The van der Waals surface area contributed by atoms with Crippen LogP contribution in [0.5, 0.6) is 0 Å². The standard InChI is InChI=1S/C11H14FN3/c1-11(2)7-10(13)14-15(11)9-6-4-3-5-8(9)12/h3-6H,7H2,1-2H3,(H2,13,14). The molecule has 1 heterocycles. The lowest BCUT2D eigenvalue weighted by molar-refractivity contribution is 0.502. The second kappa shape index (κ2) is 3.22. The van der Waals surface area contributed by atoms with Gasteiger partial charge < -0.3 is 5.73 Å². The number of hydrogen-bond donors (Lipinski definition) is 1. The zero-order chi connectivity index (χ0) is 11.1. The number of hydrogen-bond acceptors (Lipinski definition) is 3. The zero-order valence-electron chi connectivity index (χ0n) is 8.87. The fourth-order valence-electron chi connectivity index (χ4n) is 1.82. The van der Waals surface area contributed by atoms with Gasteiger partial charge in [-0.3, -0.25) is 5.01 Å². The molecule has 0 atom stereocenters. The molecule has 1 aromatic carbocycles. The normalized spacial score (nSPS) is 19.1. The van der Waals surface area contributed by atoms with Crippen LogP contribution in [-0.2, 0) is 0 Å². The molecule has 3 nitrogen and oxygen atoms in total. The predicted molar refractivity (Wildman–Crippen MR) is 59.2 cm³/mol. The molecule has 0 spiro atoms. The number of para-hydroxylation sites is 1. The van der Waals surface area contributed by atoms with Gasteiger partial charge in [-0.25, -0.2) is 4.39 Å². The first kappa shape index (κ1) is 9.96. The van der Waals surface area contributed by atoms with Crippen molar-refractivity contribution in [1.82, 2.24) is 0 Å². The number of anilines is 1. The molecule has 0 aliphatic carbocycles. The van der Waals surface area contributed by atoms with E-state index < -0.39 is 0 Å². The first-order valence-corrected chi connectivity index (χ1v) is 4.88. The Morgan fingerprint density at radius 3 is 2.60 bits per heavy atom. The second-order valence-corrected chi connectivity index (χ2v) is 4.34. The van der Waals surface area contributed by atoms with E-state index in [4.69, 9.17) is 5.73 Å². The summed E-state index contributed by atoms with van der Waals surface area (Å²) in [6.45, 7) is 3.98. The van der Waals surface area contributed by atoms with Gasteiger partial charge >= 0.3 is 0 Å². The highest BCUT2D eigenvalue weighted by atomic mass is 19.1. The molecule has 1 aliphatic rings. The Hall–Kier alpha value is -1.58. The molecule has 1 aliphatic heterocycles. The smallest absolute Gasteiger partial charge is 0.148 e. The van der Waals surface area contributed by atoms with Crippen molar-refractivity contribution in [1.29, 1.82) is 0 Å². The van der Waals surface area contributed by atoms with Crippen molar-refractivity contribution in [3.05, 3.63) is 30.1 Å². The molecule has 0 saturated heterocycles. The summed E-state index contributed by atoms with van der Waals surface area (Å²) in [5.74, 6) is 0.271. The SMILES string of the molecule is CC1(C)CC(N)=NN1c1ccccc1F. The van der Waals surface area contributed by atoms with Gasteiger partial charge in [-0.1, -0.05) is 12.1 Å². The zero-order valence-corrected chi connectivity index (χ0v) is 8.87. The summed E-state index contributed by atoms with van der Waals surface area (Å²) in [4.78, 5) is 0. The van der Waals surface area contributed by atoms with Crippen molar-refractivity contribution in [3.8, 4) is 0 Å². The summed E-state index contributed by atoms with van der Waals surface area (Å²) in [5.41, 5.74) is 5.89. The van der Waals surface area contributed by atoms with Crippen LogP contribution in [0.25, 0.3) is 0 Å². The molecule has 1 aromatic rings. The molecular weight excluding hydrogens is 193 g/mol. The van der Waals surface area contributed by atoms with Gasteiger partial charge in [0, 0.05) is 6.42 Å². The predicted octanol–water partition coefficient (Wildman–Crippen LogP) is 2.09. The number of amidine groups is 1. The van der Waals surface area contributed by atoms with Gasteiger partial charge in [-0.05, 0) is 26.0 Å². The van der Waals surface area contributed by atoms with Crippen LogP contribution in [0.1, 0.15) is 20.3 Å². The maximum absolute atomic E-state index is 13.6. The molecule has 0 bridgehead atoms. The van der Waals surface area contributed by atoms with E-state index in [-0.39, 0.29) is 11.4 Å². The summed E-state index contributed by atoms with van der Waals surface area (Å²) < 4.78 is 13.6. The monoisotopic (exact) mass is 207 g/mol. The molecule has 0 saturated carbocycles. The van der Waals surface area contributed by atoms with Gasteiger partial charge in [-0.2, -0.15) is 5.10 Å². The minimum atomic E-state index is -0.274. The van der Waals surface area contributed by atoms with Gasteiger partial charge in [0.25, 0.3) is 0 Å². The van der Waals surface area contributed by atoms with E-state index >= 15 is 0 Å². The molecule has 2 N–H and O–H groups in total. The summed E-state index contributed by atoms with van der Waals surface area (Å²) in [6, 6.07) is 6.59. The van der Waals surface area contributed by atoms with Gasteiger partial charge in [0.05, 0.1) is 11.2 Å². The highest BCUT2D eigenvalue weighted by Crippen LogP contribution is 2.32. The second-order valence-electron chi connectivity index (χ2n) is 4.34. The molecule has 80 valence electrons. The number of halogens is 1. The molecule has 0 unspecified atom stereocenters.